The molecule has 3 heteroatoms. The number of hydrogen-bond donors (Lipinski definition) is 0. The van der Waals surface area contributed by atoms with Gasteiger partial charge in [0.2, 0.25) is 0 Å². The van der Waals surface area contributed by atoms with Gasteiger partial charge in [-0.25, -0.2) is 0 Å². The fourth-order valence-electron chi connectivity index (χ4n) is 10.4. The van der Waals surface area contributed by atoms with Crippen LogP contribution >= 0.6 is 0 Å². The summed E-state index contributed by atoms with van der Waals surface area (Å²) in [6.45, 7) is 0. The van der Waals surface area contributed by atoms with Crippen molar-refractivity contribution in [1.29, 1.82) is 0 Å². The average Bonchev–Trinajstić information content (AvgIpc) is 3.97. The van der Waals surface area contributed by atoms with Gasteiger partial charge in [0, 0.05) is 44.2 Å². The maximum absolute atomic E-state index is 6.31. The summed E-state index contributed by atoms with van der Waals surface area (Å²) in [4.78, 5) is 2.40. The quantitative estimate of drug-likeness (QED) is 0.144. The Hall–Kier alpha value is -9.18. The van der Waals surface area contributed by atoms with Crippen molar-refractivity contribution in [1.82, 2.24) is 4.57 Å². The summed E-state index contributed by atoms with van der Waals surface area (Å²) in [6.07, 6.45) is 0. The average molecular weight is 881 g/mol. The number of benzene rings is 11. The SMILES string of the molecule is c1ccc(-c2ccccc2-c2ccccc2-c2ccccc2N(c2ccc(-c3ccc4c(c3)oc3ccccc34)cc2)c2ccc(-c3ccc4c(c3)c3ccccc3n4-c3ccccc3)cc2)cc1. The molecule has 0 atom stereocenters. The molecular weight excluding hydrogens is 837 g/mol. The zero-order valence-corrected chi connectivity index (χ0v) is 37.7. The number of furan rings is 1. The van der Waals surface area contributed by atoms with Crippen molar-refractivity contribution in [2.24, 2.45) is 0 Å². The van der Waals surface area contributed by atoms with Crippen LogP contribution < -0.4 is 4.90 Å². The van der Waals surface area contributed by atoms with Crippen LogP contribution in [0.15, 0.2) is 271 Å². The van der Waals surface area contributed by atoms with E-state index in [1.807, 2.05) is 12.1 Å². The van der Waals surface area contributed by atoms with Crippen molar-refractivity contribution in [2.75, 3.05) is 4.90 Å². The normalized spacial score (nSPS) is 11.5. The van der Waals surface area contributed by atoms with Crippen LogP contribution in [-0.2, 0) is 0 Å². The summed E-state index contributed by atoms with van der Waals surface area (Å²) >= 11 is 0. The topological polar surface area (TPSA) is 21.3 Å². The van der Waals surface area contributed by atoms with Crippen molar-refractivity contribution in [2.45, 2.75) is 0 Å². The van der Waals surface area contributed by atoms with Gasteiger partial charge >= 0.3 is 0 Å². The van der Waals surface area contributed by atoms with Crippen molar-refractivity contribution in [3.8, 4) is 61.3 Å². The maximum atomic E-state index is 6.31. The highest BCUT2D eigenvalue weighted by Gasteiger charge is 2.21. The van der Waals surface area contributed by atoms with E-state index in [1.165, 1.54) is 49.6 Å². The third kappa shape index (κ3) is 7.08. The van der Waals surface area contributed by atoms with Crippen LogP contribution in [0, 0.1) is 0 Å². The van der Waals surface area contributed by atoms with Gasteiger partial charge < -0.3 is 13.9 Å². The molecule has 0 amide bonds. The van der Waals surface area contributed by atoms with E-state index in [-0.39, 0.29) is 0 Å². The molecule has 11 aromatic carbocycles. The van der Waals surface area contributed by atoms with Crippen LogP contribution in [0.2, 0.25) is 0 Å². The molecular formula is C66H44N2O. The van der Waals surface area contributed by atoms with Gasteiger partial charge in [-0.15, -0.1) is 0 Å². The third-order valence-corrected chi connectivity index (χ3v) is 13.6. The van der Waals surface area contributed by atoms with Crippen LogP contribution in [0.3, 0.4) is 0 Å². The lowest BCUT2D eigenvalue weighted by atomic mass is 9.88. The number of anilines is 3. The second-order valence-electron chi connectivity index (χ2n) is 17.6. The molecule has 2 heterocycles. The number of nitrogens with zero attached hydrogens (tertiary/aromatic N) is 2. The van der Waals surface area contributed by atoms with E-state index in [0.29, 0.717) is 0 Å². The lowest BCUT2D eigenvalue weighted by molar-refractivity contribution is 0.669. The number of aromatic nitrogens is 1. The Morgan fingerprint density at radius 2 is 0.754 bits per heavy atom. The van der Waals surface area contributed by atoms with Gasteiger partial charge in [-0.1, -0.05) is 188 Å². The molecule has 0 fully saturated rings. The molecule has 324 valence electrons. The summed E-state index contributed by atoms with van der Waals surface area (Å²) < 4.78 is 8.68. The van der Waals surface area contributed by atoms with Crippen LogP contribution in [0.4, 0.5) is 17.1 Å². The maximum Gasteiger partial charge on any atom is 0.136 e. The number of para-hydroxylation sites is 4. The number of hydrogen-bond acceptors (Lipinski definition) is 2. The molecule has 0 N–H and O–H groups in total. The van der Waals surface area contributed by atoms with Gasteiger partial charge in [0.15, 0.2) is 0 Å². The summed E-state index contributed by atoms with van der Waals surface area (Å²) in [5.41, 5.74) is 20.2. The Labute approximate surface area is 401 Å². The Kier molecular flexibility index (Phi) is 9.84. The zero-order valence-electron chi connectivity index (χ0n) is 37.7. The van der Waals surface area contributed by atoms with E-state index >= 15 is 0 Å². The summed E-state index contributed by atoms with van der Waals surface area (Å²) in [7, 11) is 0. The van der Waals surface area contributed by atoms with Crippen LogP contribution in [-0.4, -0.2) is 4.57 Å². The highest BCUT2D eigenvalue weighted by molar-refractivity contribution is 6.11. The van der Waals surface area contributed by atoms with Crippen molar-refractivity contribution < 1.29 is 4.42 Å². The van der Waals surface area contributed by atoms with Crippen LogP contribution in [0.1, 0.15) is 0 Å². The molecule has 13 rings (SSSR count). The molecule has 0 saturated carbocycles. The standard InChI is InChI=1S/C66H44N2O/c1-3-17-47(18-4-1)53-21-7-8-22-54(53)55-23-9-10-24-56(55)57-25-11-14-28-62(57)67(52-39-33-46(34-40-52)49-35-41-60-59-27-13-16-30-65(59)69-66(60)44-49)51-37-31-45(32-38-51)48-36-42-64-61(43-48)58-26-12-15-29-63(58)68(64)50-19-5-2-6-20-50/h1-44H. The monoisotopic (exact) mass is 880 g/mol. The fraction of sp³-hybridized carbons (Fsp3) is 0. The molecule has 13 aromatic rings. The largest absolute Gasteiger partial charge is 0.456 e. The Balaban J connectivity index is 0.935. The first kappa shape index (κ1) is 40.1. The second kappa shape index (κ2) is 16.9. The smallest absolute Gasteiger partial charge is 0.136 e. The minimum Gasteiger partial charge on any atom is -0.456 e. The third-order valence-electron chi connectivity index (χ3n) is 13.6. The Morgan fingerprint density at radius 3 is 1.46 bits per heavy atom. The van der Waals surface area contributed by atoms with Gasteiger partial charge in [-0.3, -0.25) is 0 Å². The first-order valence-electron chi connectivity index (χ1n) is 23.6. The molecule has 0 spiro atoms. The first-order chi connectivity index (χ1) is 34.2. The molecule has 0 radical (unpaired) electrons. The van der Waals surface area contributed by atoms with E-state index in [2.05, 4.69) is 264 Å². The van der Waals surface area contributed by atoms with Crippen molar-refractivity contribution in [3.05, 3.63) is 267 Å². The van der Waals surface area contributed by atoms with Crippen molar-refractivity contribution >= 4 is 60.8 Å². The molecule has 3 nitrogen and oxygen atoms in total. The molecule has 0 aliphatic heterocycles. The van der Waals surface area contributed by atoms with E-state index < -0.39 is 0 Å². The molecule has 0 bridgehead atoms. The zero-order chi connectivity index (χ0) is 45.7. The van der Waals surface area contributed by atoms with E-state index in [4.69, 9.17) is 4.42 Å². The fourth-order valence-corrected chi connectivity index (χ4v) is 10.4. The van der Waals surface area contributed by atoms with Gasteiger partial charge in [-0.2, -0.15) is 0 Å². The Morgan fingerprint density at radius 1 is 0.275 bits per heavy atom. The summed E-state index contributed by atoms with van der Waals surface area (Å²) in [6, 6.07) is 96.2. The predicted molar refractivity (Wildman–Crippen MR) is 290 cm³/mol. The minimum absolute atomic E-state index is 0.891. The van der Waals surface area contributed by atoms with Gasteiger partial charge in [-0.05, 0) is 129 Å². The summed E-state index contributed by atoms with van der Waals surface area (Å²) in [5.74, 6) is 0. The first-order valence-corrected chi connectivity index (χ1v) is 23.6. The summed E-state index contributed by atoms with van der Waals surface area (Å²) in [5, 5.41) is 4.74. The highest BCUT2D eigenvalue weighted by Crippen LogP contribution is 2.46. The molecule has 0 aliphatic carbocycles. The van der Waals surface area contributed by atoms with E-state index in [9.17, 15) is 0 Å². The molecule has 2 aromatic heterocycles. The van der Waals surface area contributed by atoms with E-state index in [1.54, 1.807) is 0 Å². The lowest BCUT2D eigenvalue weighted by Gasteiger charge is -2.29. The minimum atomic E-state index is 0.891. The molecule has 0 aliphatic rings. The number of rotatable bonds is 9. The molecule has 0 saturated heterocycles. The molecule has 0 unspecified atom stereocenters. The number of fused-ring (bicyclic) bond motifs is 6. The Bertz CT molecular complexity index is 4000. The lowest BCUT2D eigenvalue weighted by Crippen LogP contribution is -2.11. The van der Waals surface area contributed by atoms with Gasteiger partial charge in [0.25, 0.3) is 0 Å². The second-order valence-corrected chi connectivity index (χ2v) is 17.6. The van der Waals surface area contributed by atoms with Gasteiger partial charge in [0.1, 0.15) is 11.2 Å². The van der Waals surface area contributed by atoms with Crippen LogP contribution in [0.25, 0.3) is 105 Å². The van der Waals surface area contributed by atoms with Crippen LogP contribution in [0.5, 0.6) is 0 Å². The predicted octanol–water partition coefficient (Wildman–Crippen LogP) is 18.5. The van der Waals surface area contributed by atoms with E-state index in [0.717, 1.165) is 72.5 Å². The highest BCUT2D eigenvalue weighted by atomic mass is 16.3. The van der Waals surface area contributed by atoms with Gasteiger partial charge in [0.05, 0.1) is 16.7 Å². The van der Waals surface area contributed by atoms with Crippen molar-refractivity contribution in [3.63, 3.8) is 0 Å². The molecule has 69 heavy (non-hydrogen) atoms.